The number of nitrogens with one attached hydrogen (secondary N) is 1. The summed E-state index contributed by atoms with van der Waals surface area (Å²) in [5.41, 5.74) is 8.53. The van der Waals surface area contributed by atoms with Gasteiger partial charge in [-0.25, -0.2) is 0 Å². The third kappa shape index (κ3) is 1.59. The van der Waals surface area contributed by atoms with E-state index in [1.165, 1.54) is 24.1 Å². The Kier molecular flexibility index (Phi) is 2.08. The number of carbonyl (C=O) groups is 1. The molecule has 0 radical (unpaired) electrons. The monoisotopic (exact) mass is 178 g/mol. The molecule has 3 heteroatoms. The number of rotatable bonds is 1. The number of allylic oxidation sites excluding steroid dienone is 3. The van der Waals surface area contributed by atoms with Crippen LogP contribution in [-0.2, 0) is 4.79 Å². The fraction of sp³-hybridized carbons (Fsp3) is 0.500. The molecule has 0 atom stereocenters. The molecular weight excluding hydrogens is 164 g/mol. The van der Waals surface area contributed by atoms with E-state index in [1.807, 2.05) is 6.08 Å². The number of dihydropyridines is 1. The van der Waals surface area contributed by atoms with Crippen molar-refractivity contribution in [3.05, 3.63) is 22.9 Å². The molecule has 0 fully saturated rings. The van der Waals surface area contributed by atoms with Gasteiger partial charge >= 0.3 is 0 Å². The molecular formula is C10H14N2O. The Morgan fingerprint density at radius 3 is 2.92 bits per heavy atom. The lowest BCUT2D eigenvalue weighted by molar-refractivity contribution is -0.114. The Bertz CT molecular complexity index is 302. The van der Waals surface area contributed by atoms with Crippen molar-refractivity contribution in [2.75, 3.05) is 6.54 Å². The van der Waals surface area contributed by atoms with Crippen molar-refractivity contribution < 1.29 is 4.79 Å². The summed E-state index contributed by atoms with van der Waals surface area (Å²) >= 11 is 0. The van der Waals surface area contributed by atoms with Crippen molar-refractivity contribution >= 4 is 5.91 Å². The van der Waals surface area contributed by atoms with Gasteiger partial charge in [-0.05, 0) is 37.3 Å². The first-order valence-electron chi connectivity index (χ1n) is 4.73. The van der Waals surface area contributed by atoms with Crippen LogP contribution in [0.3, 0.4) is 0 Å². The van der Waals surface area contributed by atoms with Crippen LogP contribution >= 0.6 is 0 Å². The Balaban J connectivity index is 2.25. The van der Waals surface area contributed by atoms with Gasteiger partial charge < -0.3 is 11.1 Å². The topological polar surface area (TPSA) is 55.1 Å². The zero-order chi connectivity index (χ0) is 9.26. The average molecular weight is 178 g/mol. The van der Waals surface area contributed by atoms with Gasteiger partial charge in [-0.3, -0.25) is 4.79 Å². The van der Waals surface area contributed by atoms with E-state index >= 15 is 0 Å². The summed E-state index contributed by atoms with van der Waals surface area (Å²) in [7, 11) is 0. The lowest BCUT2D eigenvalue weighted by Crippen LogP contribution is -2.29. The van der Waals surface area contributed by atoms with E-state index in [2.05, 4.69) is 5.32 Å². The molecule has 0 aromatic heterocycles. The molecule has 1 amide bonds. The first-order chi connectivity index (χ1) is 6.27. The predicted octanol–water partition coefficient (Wildman–Crippen LogP) is 0.829. The highest BCUT2D eigenvalue weighted by Crippen LogP contribution is 2.27. The van der Waals surface area contributed by atoms with Crippen LogP contribution in [0, 0.1) is 0 Å². The van der Waals surface area contributed by atoms with Crippen molar-refractivity contribution in [3.8, 4) is 0 Å². The molecule has 1 aliphatic heterocycles. The summed E-state index contributed by atoms with van der Waals surface area (Å²) in [6, 6.07) is 0. The van der Waals surface area contributed by atoms with E-state index in [-0.39, 0.29) is 5.91 Å². The van der Waals surface area contributed by atoms with Crippen molar-refractivity contribution in [2.24, 2.45) is 5.73 Å². The molecule has 3 nitrogen and oxygen atoms in total. The van der Waals surface area contributed by atoms with E-state index in [1.54, 1.807) is 0 Å². The lowest BCUT2D eigenvalue weighted by atomic mass is 9.92. The van der Waals surface area contributed by atoms with Gasteiger partial charge in [0.1, 0.15) is 0 Å². The van der Waals surface area contributed by atoms with E-state index in [4.69, 9.17) is 5.73 Å². The van der Waals surface area contributed by atoms with Crippen LogP contribution in [0.5, 0.6) is 0 Å². The van der Waals surface area contributed by atoms with Crippen molar-refractivity contribution in [1.29, 1.82) is 0 Å². The molecule has 0 unspecified atom stereocenters. The number of hydrogen-bond acceptors (Lipinski definition) is 2. The van der Waals surface area contributed by atoms with Gasteiger partial charge in [-0.1, -0.05) is 0 Å². The summed E-state index contributed by atoms with van der Waals surface area (Å²) in [5.74, 6) is -0.301. The standard InChI is InChI=1S/C10H14N2O/c11-10(13)8-5-7-3-1-2-4-9(7)12-6-8/h5,12H,1-4,6H2,(H2,11,13). The van der Waals surface area contributed by atoms with Crippen LogP contribution in [0.25, 0.3) is 0 Å². The Morgan fingerprint density at radius 1 is 1.38 bits per heavy atom. The molecule has 3 N–H and O–H groups in total. The Morgan fingerprint density at radius 2 is 2.15 bits per heavy atom. The van der Waals surface area contributed by atoms with E-state index < -0.39 is 0 Å². The number of amides is 1. The molecule has 0 bridgehead atoms. The minimum atomic E-state index is -0.301. The van der Waals surface area contributed by atoms with Crippen LogP contribution in [0.1, 0.15) is 25.7 Å². The highest BCUT2D eigenvalue weighted by Gasteiger charge is 2.17. The second-order valence-electron chi connectivity index (χ2n) is 3.60. The van der Waals surface area contributed by atoms with Crippen LogP contribution in [0.15, 0.2) is 22.9 Å². The Hall–Kier alpha value is -1.25. The van der Waals surface area contributed by atoms with E-state index in [9.17, 15) is 4.79 Å². The molecule has 0 spiro atoms. The van der Waals surface area contributed by atoms with Gasteiger partial charge in [-0.15, -0.1) is 0 Å². The minimum Gasteiger partial charge on any atom is -0.384 e. The Labute approximate surface area is 77.7 Å². The number of nitrogens with two attached hydrogens (primary N) is 1. The number of carbonyl (C=O) groups excluding carboxylic acids is 1. The van der Waals surface area contributed by atoms with Crippen molar-refractivity contribution in [1.82, 2.24) is 5.32 Å². The first-order valence-corrected chi connectivity index (χ1v) is 4.73. The molecule has 0 aromatic rings. The third-order valence-electron chi connectivity index (χ3n) is 2.67. The summed E-state index contributed by atoms with van der Waals surface area (Å²) in [6.07, 6.45) is 6.65. The van der Waals surface area contributed by atoms with Crippen molar-refractivity contribution in [2.45, 2.75) is 25.7 Å². The number of primary amides is 1. The third-order valence-corrected chi connectivity index (χ3v) is 2.67. The zero-order valence-electron chi connectivity index (χ0n) is 7.60. The summed E-state index contributed by atoms with van der Waals surface area (Å²) in [6.45, 7) is 0.605. The molecule has 0 saturated carbocycles. The highest BCUT2D eigenvalue weighted by molar-refractivity contribution is 5.93. The summed E-state index contributed by atoms with van der Waals surface area (Å²) in [5, 5.41) is 3.26. The minimum absolute atomic E-state index is 0.301. The van der Waals surface area contributed by atoms with Crippen molar-refractivity contribution in [3.63, 3.8) is 0 Å². The molecule has 1 heterocycles. The van der Waals surface area contributed by atoms with Gasteiger partial charge in [0.2, 0.25) is 5.91 Å². The van der Waals surface area contributed by atoms with Crippen LogP contribution in [0.4, 0.5) is 0 Å². The predicted molar refractivity (Wildman–Crippen MR) is 50.8 cm³/mol. The van der Waals surface area contributed by atoms with Gasteiger partial charge in [-0.2, -0.15) is 0 Å². The van der Waals surface area contributed by atoms with Crippen LogP contribution < -0.4 is 11.1 Å². The van der Waals surface area contributed by atoms with Crippen LogP contribution in [0.2, 0.25) is 0 Å². The second kappa shape index (κ2) is 3.24. The highest BCUT2D eigenvalue weighted by atomic mass is 16.1. The number of hydrogen-bond donors (Lipinski definition) is 2. The molecule has 13 heavy (non-hydrogen) atoms. The largest absolute Gasteiger partial charge is 0.384 e. The maximum Gasteiger partial charge on any atom is 0.246 e. The van der Waals surface area contributed by atoms with Crippen LogP contribution in [-0.4, -0.2) is 12.5 Å². The lowest BCUT2D eigenvalue weighted by Gasteiger charge is -2.24. The summed E-state index contributed by atoms with van der Waals surface area (Å²) in [4.78, 5) is 10.9. The second-order valence-corrected chi connectivity index (χ2v) is 3.60. The molecule has 0 saturated heterocycles. The fourth-order valence-electron chi connectivity index (χ4n) is 1.91. The fourth-order valence-corrected chi connectivity index (χ4v) is 1.91. The smallest absolute Gasteiger partial charge is 0.246 e. The maximum atomic E-state index is 10.9. The van der Waals surface area contributed by atoms with Gasteiger partial charge in [0.05, 0.1) is 0 Å². The molecule has 0 aromatic carbocycles. The maximum absolute atomic E-state index is 10.9. The normalized spacial score (nSPS) is 21.7. The van der Waals surface area contributed by atoms with E-state index in [0.29, 0.717) is 12.1 Å². The van der Waals surface area contributed by atoms with Gasteiger partial charge in [0.15, 0.2) is 0 Å². The molecule has 70 valence electrons. The molecule has 2 rings (SSSR count). The first kappa shape index (κ1) is 8.35. The quantitative estimate of drug-likeness (QED) is 0.625. The zero-order valence-corrected chi connectivity index (χ0v) is 7.60. The van der Waals surface area contributed by atoms with Gasteiger partial charge in [0, 0.05) is 17.8 Å². The molecule has 2 aliphatic rings. The SMILES string of the molecule is NC(=O)C1=CC2=C(CCCC2)NC1. The van der Waals surface area contributed by atoms with Gasteiger partial charge in [0.25, 0.3) is 0 Å². The summed E-state index contributed by atoms with van der Waals surface area (Å²) < 4.78 is 0. The van der Waals surface area contributed by atoms with E-state index in [0.717, 1.165) is 12.8 Å². The average Bonchev–Trinajstić information content (AvgIpc) is 2.17. The molecule has 1 aliphatic carbocycles.